The van der Waals surface area contributed by atoms with Crippen molar-refractivity contribution in [3.63, 3.8) is 0 Å². The molecule has 0 aromatic rings. The zero-order chi connectivity index (χ0) is 11.1. The van der Waals surface area contributed by atoms with E-state index in [1.54, 1.807) is 6.92 Å². The summed E-state index contributed by atoms with van der Waals surface area (Å²) in [4.78, 5) is 21.8. The van der Waals surface area contributed by atoms with Crippen LogP contribution in [0.3, 0.4) is 0 Å². The van der Waals surface area contributed by atoms with E-state index in [2.05, 4.69) is 9.47 Å². The molecule has 0 aromatic heterocycles. The maximum Gasteiger partial charge on any atom is 0.516 e. The molecule has 0 aliphatic rings. The largest absolute Gasteiger partial charge is 0.516 e. The van der Waals surface area contributed by atoms with Crippen molar-refractivity contribution in [3.05, 3.63) is 0 Å². The molecule has 0 spiro atoms. The van der Waals surface area contributed by atoms with E-state index in [1.807, 2.05) is 13.8 Å². The number of carbonyl (C=O) groups excluding carboxylic acids is 2. The van der Waals surface area contributed by atoms with E-state index in [9.17, 15) is 9.59 Å². The van der Waals surface area contributed by atoms with Gasteiger partial charge in [0.1, 0.15) is 6.04 Å². The number of carbonyl (C=O) groups is 2. The lowest BCUT2D eigenvalue weighted by Crippen LogP contribution is -2.35. The van der Waals surface area contributed by atoms with Crippen molar-refractivity contribution in [2.45, 2.75) is 33.2 Å². The second kappa shape index (κ2) is 8.49. The summed E-state index contributed by atoms with van der Waals surface area (Å²) in [5.41, 5.74) is 5.48. The van der Waals surface area contributed by atoms with E-state index in [-0.39, 0.29) is 24.9 Å². The van der Waals surface area contributed by atoms with Gasteiger partial charge in [-0.15, -0.1) is 12.4 Å². The maximum absolute atomic E-state index is 11.1. The average Bonchev–Trinajstić information content (AvgIpc) is 2.02. The Balaban J connectivity index is 0. The second-order valence-electron chi connectivity index (χ2n) is 3.34. The van der Waals surface area contributed by atoms with E-state index < -0.39 is 18.2 Å². The van der Waals surface area contributed by atoms with E-state index >= 15 is 0 Å². The Morgan fingerprint density at radius 2 is 1.87 bits per heavy atom. The first-order chi connectivity index (χ1) is 6.47. The first-order valence-corrected chi connectivity index (χ1v) is 4.61. The molecule has 0 aliphatic heterocycles. The van der Waals surface area contributed by atoms with E-state index in [4.69, 9.17) is 5.73 Å². The number of esters is 1. The summed E-state index contributed by atoms with van der Waals surface area (Å²) in [5, 5.41) is 0. The molecule has 2 N–H and O–H groups in total. The summed E-state index contributed by atoms with van der Waals surface area (Å²) >= 11 is 0. The minimum atomic E-state index is -0.989. The quantitative estimate of drug-likeness (QED) is 0.594. The molecule has 0 radical (unpaired) electrons. The fourth-order valence-electron chi connectivity index (χ4n) is 0.909. The third-order valence-corrected chi connectivity index (χ3v) is 1.47. The van der Waals surface area contributed by atoms with Crippen molar-refractivity contribution in [1.82, 2.24) is 0 Å². The predicted molar refractivity (Wildman–Crippen MR) is 57.8 cm³/mol. The van der Waals surface area contributed by atoms with Gasteiger partial charge in [-0.3, -0.25) is 0 Å². The fourth-order valence-corrected chi connectivity index (χ4v) is 0.909. The summed E-state index contributed by atoms with van der Waals surface area (Å²) in [6, 6.07) is -0.764. The lowest BCUT2D eigenvalue weighted by atomic mass is 10.1. The summed E-state index contributed by atoms with van der Waals surface area (Å²) in [6.07, 6.45) is -0.505. The Morgan fingerprint density at radius 1 is 1.33 bits per heavy atom. The highest BCUT2D eigenvalue weighted by Gasteiger charge is 2.20. The van der Waals surface area contributed by atoms with Gasteiger partial charge in [0, 0.05) is 0 Å². The average molecular weight is 240 g/mol. The van der Waals surface area contributed by atoms with Crippen molar-refractivity contribution >= 4 is 24.5 Å². The number of hydrogen-bond acceptors (Lipinski definition) is 5. The van der Waals surface area contributed by atoms with Crippen LogP contribution in [-0.2, 0) is 14.3 Å². The normalized spacial score (nSPS) is 11.5. The lowest BCUT2D eigenvalue weighted by Gasteiger charge is -2.11. The molecule has 0 saturated heterocycles. The SMILES string of the molecule is CCOC(=O)OC(=O)[C@@H](N)CC(C)C.Cl. The molecular formula is C9H18ClNO4. The molecule has 0 aliphatic carbocycles. The highest BCUT2D eigenvalue weighted by atomic mass is 35.5. The molecule has 15 heavy (non-hydrogen) atoms. The number of rotatable bonds is 4. The topological polar surface area (TPSA) is 78.6 Å². The Kier molecular flexibility index (Phi) is 9.41. The monoisotopic (exact) mass is 239 g/mol. The van der Waals surface area contributed by atoms with Crippen LogP contribution in [0, 0.1) is 5.92 Å². The Labute approximate surface area is 95.7 Å². The van der Waals surface area contributed by atoms with Gasteiger partial charge in [-0.1, -0.05) is 13.8 Å². The summed E-state index contributed by atoms with van der Waals surface area (Å²) in [6.45, 7) is 5.65. The molecule has 0 fully saturated rings. The number of hydrogen-bond donors (Lipinski definition) is 1. The third kappa shape index (κ3) is 8.20. The summed E-state index contributed by atoms with van der Waals surface area (Å²) < 4.78 is 8.76. The van der Waals surface area contributed by atoms with Crippen molar-refractivity contribution in [3.8, 4) is 0 Å². The molecule has 0 rings (SSSR count). The van der Waals surface area contributed by atoms with Crippen molar-refractivity contribution in [2.75, 3.05) is 6.61 Å². The van der Waals surface area contributed by atoms with Gasteiger partial charge in [-0.05, 0) is 19.3 Å². The number of nitrogens with two attached hydrogens (primary N) is 1. The molecule has 0 unspecified atom stereocenters. The molecule has 1 atom stereocenters. The molecule has 0 heterocycles. The van der Waals surface area contributed by atoms with E-state index in [1.165, 1.54) is 0 Å². The minimum absolute atomic E-state index is 0. The molecule has 6 heteroatoms. The fraction of sp³-hybridized carbons (Fsp3) is 0.778. The smallest absolute Gasteiger partial charge is 0.434 e. The zero-order valence-corrected chi connectivity index (χ0v) is 10.0. The Bertz CT molecular complexity index is 208. The molecule has 0 amide bonds. The number of ether oxygens (including phenoxy) is 2. The first-order valence-electron chi connectivity index (χ1n) is 4.61. The predicted octanol–water partition coefficient (Wildman–Crippen LogP) is 1.48. The van der Waals surface area contributed by atoms with E-state index in [0.717, 1.165) is 0 Å². The van der Waals surface area contributed by atoms with Gasteiger partial charge >= 0.3 is 12.1 Å². The van der Waals surface area contributed by atoms with Crippen LogP contribution in [0.25, 0.3) is 0 Å². The van der Waals surface area contributed by atoms with Gasteiger partial charge in [0.2, 0.25) is 0 Å². The van der Waals surface area contributed by atoms with Crippen molar-refractivity contribution < 1.29 is 19.1 Å². The summed E-state index contributed by atoms with van der Waals surface area (Å²) in [5.74, 6) is -0.461. The zero-order valence-electron chi connectivity index (χ0n) is 9.19. The first kappa shape index (κ1) is 16.6. The molecule has 90 valence electrons. The van der Waals surface area contributed by atoms with Gasteiger partial charge < -0.3 is 15.2 Å². The van der Waals surface area contributed by atoms with Gasteiger partial charge in [0.05, 0.1) is 6.61 Å². The molecule has 0 saturated carbocycles. The Morgan fingerprint density at radius 3 is 2.27 bits per heavy atom. The standard InChI is InChI=1S/C9H17NO4.ClH/c1-4-13-9(12)14-8(11)7(10)5-6(2)3;/h6-7H,4-5,10H2,1-3H3;1H/t7-;/m0./s1. The Hall–Kier alpha value is -0.810. The van der Waals surface area contributed by atoms with Crippen LogP contribution < -0.4 is 5.73 Å². The van der Waals surface area contributed by atoms with Gasteiger partial charge in [0.15, 0.2) is 0 Å². The van der Waals surface area contributed by atoms with Crippen LogP contribution in [0.1, 0.15) is 27.2 Å². The molecule has 5 nitrogen and oxygen atoms in total. The maximum atomic E-state index is 11.1. The molecular weight excluding hydrogens is 222 g/mol. The van der Waals surface area contributed by atoms with Crippen LogP contribution in [-0.4, -0.2) is 24.8 Å². The van der Waals surface area contributed by atoms with Crippen LogP contribution >= 0.6 is 12.4 Å². The van der Waals surface area contributed by atoms with E-state index in [0.29, 0.717) is 6.42 Å². The molecule has 0 bridgehead atoms. The number of halogens is 1. The van der Waals surface area contributed by atoms with Crippen LogP contribution in [0.15, 0.2) is 0 Å². The van der Waals surface area contributed by atoms with Crippen LogP contribution in [0.5, 0.6) is 0 Å². The minimum Gasteiger partial charge on any atom is -0.434 e. The lowest BCUT2D eigenvalue weighted by molar-refractivity contribution is -0.141. The van der Waals surface area contributed by atoms with Gasteiger partial charge in [-0.25, -0.2) is 9.59 Å². The van der Waals surface area contributed by atoms with Crippen molar-refractivity contribution in [2.24, 2.45) is 11.7 Å². The summed E-state index contributed by atoms with van der Waals surface area (Å²) in [7, 11) is 0. The van der Waals surface area contributed by atoms with Crippen LogP contribution in [0.2, 0.25) is 0 Å². The van der Waals surface area contributed by atoms with Crippen LogP contribution in [0.4, 0.5) is 4.79 Å². The molecule has 0 aromatic carbocycles. The third-order valence-electron chi connectivity index (χ3n) is 1.47. The highest BCUT2D eigenvalue weighted by molar-refractivity contribution is 5.85. The highest BCUT2D eigenvalue weighted by Crippen LogP contribution is 2.04. The van der Waals surface area contributed by atoms with Gasteiger partial charge in [-0.2, -0.15) is 0 Å². The van der Waals surface area contributed by atoms with Gasteiger partial charge in [0.25, 0.3) is 0 Å². The van der Waals surface area contributed by atoms with Crippen molar-refractivity contribution in [1.29, 1.82) is 0 Å². The second-order valence-corrected chi connectivity index (χ2v) is 3.34.